The highest BCUT2D eigenvalue weighted by Crippen LogP contribution is 2.01. The van der Waals surface area contributed by atoms with Crippen molar-refractivity contribution >= 4 is 11.9 Å². The first-order valence-corrected chi connectivity index (χ1v) is 3.58. The summed E-state index contributed by atoms with van der Waals surface area (Å²) < 4.78 is 8.84. The van der Waals surface area contributed by atoms with Crippen molar-refractivity contribution in [3.8, 4) is 0 Å². The normalized spacial score (nSPS) is 10.6. The SMILES string of the molecule is COC(=O)/C=C(\C(=O)OC)N(C)C. The molecule has 0 aliphatic rings. The highest BCUT2D eigenvalue weighted by Gasteiger charge is 2.13. The van der Waals surface area contributed by atoms with Crippen LogP contribution in [0.15, 0.2) is 11.8 Å². The number of carbonyl (C=O) groups is 2. The highest BCUT2D eigenvalue weighted by molar-refractivity contribution is 5.95. The molecule has 0 aromatic heterocycles. The predicted molar refractivity (Wildman–Crippen MR) is 45.8 cm³/mol. The van der Waals surface area contributed by atoms with Crippen molar-refractivity contribution in [2.24, 2.45) is 0 Å². The monoisotopic (exact) mass is 187 g/mol. The van der Waals surface area contributed by atoms with Crippen molar-refractivity contribution in [2.75, 3.05) is 28.3 Å². The number of methoxy groups -OCH3 is 2. The minimum Gasteiger partial charge on any atom is -0.466 e. The molecule has 0 aliphatic heterocycles. The Morgan fingerprint density at radius 3 is 2.00 bits per heavy atom. The Balaban J connectivity index is 4.70. The lowest BCUT2D eigenvalue weighted by Gasteiger charge is -2.13. The molecule has 5 heteroatoms. The van der Waals surface area contributed by atoms with E-state index in [4.69, 9.17) is 0 Å². The molecule has 0 aliphatic carbocycles. The van der Waals surface area contributed by atoms with Crippen LogP contribution in [0.2, 0.25) is 0 Å². The third-order valence-electron chi connectivity index (χ3n) is 1.33. The third kappa shape index (κ3) is 3.59. The van der Waals surface area contributed by atoms with Gasteiger partial charge in [0.2, 0.25) is 0 Å². The second-order valence-electron chi connectivity index (χ2n) is 2.44. The zero-order valence-corrected chi connectivity index (χ0v) is 8.16. The quantitative estimate of drug-likeness (QED) is 0.451. The van der Waals surface area contributed by atoms with Crippen molar-refractivity contribution in [3.05, 3.63) is 11.8 Å². The maximum absolute atomic E-state index is 11.1. The average Bonchev–Trinajstić information content (AvgIpc) is 2.11. The summed E-state index contributed by atoms with van der Waals surface area (Å²) in [6.07, 6.45) is 1.08. The smallest absolute Gasteiger partial charge is 0.354 e. The number of hydrogen-bond acceptors (Lipinski definition) is 5. The topological polar surface area (TPSA) is 55.8 Å². The van der Waals surface area contributed by atoms with Crippen LogP contribution >= 0.6 is 0 Å². The molecule has 74 valence electrons. The van der Waals surface area contributed by atoms with Crippen LogP contribution in [0.3, 0.4) is 0 Å². The maximum Gasteiger partial charge on any atom is 0.354 e. The number of nitrogens with zero attached hydrogens (tertiary/aromatic N) is 1. The van der Waals surface area contributed by atoms with Crippen LogP contribution in [0.1, 0.15) is 0 Å². The second kappa shape index (κ2) is 5.18. The van der Waals surface area contributed by atoms with Gasteiger partial charge in [0.15, 0.2) is 0 Å². The van der Waals surface area contributed by atoms with Gasteiger partial charge in [-0.05, 0) is 0 Å². The van der Waals surface area contributed by atoms with E-state index in [1.54, 1.807) is 14.1 Å². The van der Waals surface area contributed by atoms with E-state index in [0.29, 0.717) is 0 Å². The van der Waals surface area contributed by atoms with Crippen molar-refractivity contribution in [1.82, 2.24) is 4.90 Å². The van der Waals surface area contributed by atoms with Gasteiger partial charge in [0.05, 0.1) is 20.3 Å². The average molecular weight is 187 g/mol. The molecule has 0 saturated heterocycles. The summed E-state index contributed by atoms with van der Waals surface area (Å²) in [4.78, 5) is 23.4. The number of likely N-dealkylation sites (N-methyl/N-ethyl adjacent to an activating group) is 1. The Hall–Kier alpha value is -1.52. The van der Waals surface area contributed by atoms with Gasteiger partial charge in [0.1, 0.15) is 5.70 Å². The first kappa shape index (κ1) is 11.5. The molecule has 0 aromatic carbocycles. The van der Waals surface area contributed by atoms with Crippen LogP contribution in [0, 0.1) is 0 Å². The van der Waals surface area contributed by atoms with E-state index in [-0.39, 0.29) is 5.70 Å². The molecule has 0 spiro atoms. The lowest BCUT2D eigenvalue weighted by atomic mass is 10.3. The van der Waals surface area contributed by atoms with Crippen LogP contribution in [0.5, 0.6) is 0 Å². The Labute approximate surface area is 76.9 Å². The van der Waals surface area contributed by atoms with Gasteiger partial charge in [-0.15, -0.1) is 0 Å². The number of ether oxygens (including phenoxy) is 2. The van der Waals surface area contributed by atoms with Gasteiger partial charge in [-0.25, -0.2) is 9.59 Å². The molecule has 5 nitrogen and oxygen atoms in total. The molecule has 13 heavy (non-hydrogen) atoms. The first-order valence-electron chi connectivity index (χ1n) is 3.58. The fraction of sp³-hybridized carbons (Fsp3) is 0.500. The third-order valence-corrected chi connectivity index (χ3v) is 1.33. The van der Waals surface area contributed by atoms with Gasteiger partial charge in [0.25, 0.3) is 0 Å². The van der Waals surface area contributed by atoms with E-state index in [2.05, 4.69) is 9.47 Å². The molecule has 0 atom stereocenters. The van der Waals surface area contributed by atoms with Gasteiger partial charge < -0.3 is 14.4 Å². The summed E-state index contributed by atoms with van der Waals surface area (Å²) in [6, 6.07) is 0. The Bertz CT molecular complexity index is 232. The number of hydrogen-bond donors (Lipinski definition) is 0. The van der Waals surface area contributed by atoms with E-state index in [9.17, 15) is 9.59 Å². The van der Waals surface area contributed by atoms with E-state index in [0.717, 1.165) is 6.08 Å². The van der Waals surface area contributed by atoms with Gasteiger partial charge in [-0.1, -0.05) is 0 Å². The van der Waals surface area contributed by atoms with E-state index < -0.39 is 11.9 Å². The van der Waals surface area contributed by atoms with Crippen LogP contribution in [0.25, 0.3) is 0 Å². The number of carbonyl (C=O) groups excluding carboxylic acids is 2. The van der Waals surface area contributed by atoms with Crippen LogP contribution < -0.4 is 0 Å². The predicted octanol–water partition coefficient (Wildman–Crippen LogP) is -0.222. The standard InChI is InChI=1S/C8H13NO4/c1-9(2)6(8(11)13-4)5-7(10)12-3/h5H,1-4H3/b6-5+. The van der Waals surface area contributed by atoms with E-state index in [1.165, 1.54) is 19.1 Å². The largest absolute Gasteiger partial charge is 0.466 e. The maximum atomic E-state index is 11.1. The van der Waals surface area contributed by atoms with Crippen molar-refractivity contribution < 1.29 is 19.1 Å². The molecule has 0 bridgehead atoms. The van der Waals surface area contributed by atoms with Gasteiger partial charge in [-0.2, -0.15) is 0 Å². The summed E-state index contributed by atoms with van der Waals surface area (Å²) in [5, 5.41) is 0. The summed E-state index contributed by atoms with van der Waals surface area (Å²) >= 11 is 0. The van der Waals surface area contributed by atoms with E-state index >= 15 is 0 Å². The molecule has 0 heterocycles. The molecule has 0 N–H and O–H groups in total. The summed E-state index contributed by atoms with van der Waals surface area (Å²) in [5.41, 5.74) is 0.148. The Morgan fingerprint density at radius 1 is 1.15 bits per heavy atom. The molecule has 0 amide bonds. The minimum atomic E-state index is -0.589. The van der Waals surface area contributed by atoms with Crippen molar-refractivity contribution in [1.29, 1.82) is 0 Å². The zero-order chi connectivity index (χ0) is 10.4. The fourth-order valence-corrected chi connectivity index (χ4v) is 0.646. The zero-order valence-electron chi connectivity index (χ0n) is 8.16. The molecular formula is C8H13NO4. The lowest BCUT2D eigenvalue weighted by Crippen LogP contribution is -2.21. The molecule has 0 unspecified atom stereocenters. The summed E-state index contributed by atoms with van der Waals surface area (Å²) in [5.74, 6) is -1.16. The summed E-state index contributed by atoms with van der Waals surface area (Å²) in [7, 11) is 5.75. The Kier molecular flexibility index (Phi) is 4.58. The second-order valence-corrected chi connectivity index (χ2v) is 2.44. The van der Waals surface area contributed by atoms with Gasteiger partial charge >= 0.3 is 11.9 Å². The van der Waals surface area contributed by atoms with Crippen LogP contribution in [-0.4, -0.2) is 45.2 Å². The molecule has 0 aromatic rings. The number of rotatable bonds is 3. The minimum absolute atomic E-state index is 0.148. The number of esters is 2. The van der Waals surface area contributed by atoms with Crippen molar-refractivity contribution in [2.45, 2.75) is 0 Å². The van der Waals surface area contributed by atoms with Crippen LogP contribution in [0.4, 0.5) is 0 Å². The summed E-state index contributed by atoms with van der Waals surface area (Å²) in [6.45, 7) is 0. The van der Waals surface area contributed by atoms with E-state index in [1.807, 2.05) is 0 Å². The highest BCUT2D eigenvalue weighted by atomic mass is 16.5. The first-order chi connectivity index (χ1) is 6.02. The van der Waals surface area contributed by atoms with Crippen molar-refractivity contribution in [3.63, 3.8) is 0 Å². The Morgan fingerprint density at radius 2 is 1.69 bits per heavy atom. The molecule has 0 saturated carbocycles. The molecular weight excluding hydrogens is 174 g/mol. The molecule has 0 fully saturated rings. The molecule has 0 radical (unpaired) electrons. The lowest BCUT2D eigenvalue weighted by molar-refractivity contribution is -0.139. The fourth-order valence-electron chi connectivity index (χ4n) is 0.646. The van der Waals surface area contributed by atoms with Crippen LogP contribution in [-0.2, 0) is 19.1 Å². The van der Waals surface area contributed by atoms with Gasteiger partial charge in [-0.3, -0.25) is 0 Å². The molecule has 0 rings (SSSR count). The van der Waals surface area contributed by atoms with Gasteiger partial charge in [0, 0.05) is 14.1 Å².